The zero-order chi connectivity index (χ0) is 20.1. The molecule has 0 atom stereocenters. The Labute approximate surface area is 174 Å². The summed E-state index contributed by atoms with van der Waals surface area (Å²) in [7, 11) is 0. The van der Waals surface area contributed by atoms with E-state index in [2.05, 4.69) is 39.4 Å². The van der Waals surface area contributed by atoms with E-state index >= 15 is 0 Å². The van der Waals surface area contributed by atoms with Crippen molar-refractivity contribution in [1.29, 1.82) is 0 Å². The van der Waals surface area contributed by atoms with Gasteiger partial charge >= 0.3 is 0 Å². The summed E-state index contributed by atoms with van der Waals surface area (Å²) in [5, 5.41) is 10.8. The molecule has 0 aliphatic carbocycles. The fourth-order valence-electron chi connectivity index (χ4n) is 3.48. The number of benzene rings is 1. The number of aromatic nitrogens is 2. The molecule has 7 heteroatoms. The van der Waals surface area contributed by atoms with Crippen LogP contribution in [0.25, 0.3) is 11.4 Å². The van der Waals surface area contributed by atoms with E-state index in [0.717, 1.165) is 23.7 Å². The number of likely N-dealkylation sites (tertiary alicyclic amines) is 1. The molecule has 6 nitrogen and oxygen atoms in total. The molecule has 1 fully saturated rings. The highest BCUT2D eigenvalue weighted by Crippen LogP contribution is 2.20. The number of carbonyl (C=O) groups is 1. The lowest BCUT2D eigenvalue weighted by molar-refractivity contribution is -0.116. The molecule has 0 saturated carbocycles. The highest BCUT2D eigenvalue weighted by Gasteiger charge is 2.16. The van der Waals surface area contributed by atoms with Crippen LogP contribution in [0.4, 0.5) is 5.69 Å². The quantitative estimate of drug-likeness (QED) is 0.616. The van der Waals surface area contributed by atoms with E-state index in [9.17, 15) is 4.79 Å². The maximum Gasteiger partial charge on any atom is 0.227 e. The summed E-state index contributed by atoms with van der Waals surface area (Å²) in [5.41, 5.74) is 3.04. The van der Waals surface area contributed by atoms with Gasteiger partial charge in [-0.05, 0) is 61.0 Å². The first kappa shape index (κ1) is 19.8. The van der Waals surface area contributed by atoms with E-state index in [4.69, 9.17) is 4.52 Å². The zero-order valence-electron chi connectivity index (χ0n) is 16.6. The highest BCUT2D eigenvalue weighted by molar-refractivity contribution is 7.08. The van der Waals surface area contributed by atoms with Crippen molar-refractivity contribution in [1.82, 2.24) is 15.0 Å². The number of aryl methyl sites for hydroxylation is 1. The van der Waals surface area contributed by atoms with E-state index in [1.54, 1.807) is 11.3 Å². The van der Waals surface area contributed by atoms with Crippen molar-refractivity contribution in [2.75, 3.05) is 18.4 Å². The summed E-state index contributed by atoms with van der Waals surface area (Å²) in [5.74, 6) is 1.84. The molecule has 3 aromatic rings. The second-order valence-electron chi connectivity index (χ2n) is 7.73. The minimum atomic E-state index is -0.0574. The summed E-state index contributed by atoms with van der Waals surface area (Å²) in [6, 6.07) is 10.1. The molecule has 2 aromatic heterocycles. The molecule has 0 bridgehead atoms. The van der Waals surface area contributed by atoms with Gasteiger partial charge in [-0.25, -0.2) is 0 Å². The van der Waals surface area contributed by atoms with Crippen molar-refractivity contribution in [3.8, 4) is 11.4 Å². The Morgan fingerprint density at radius 1 is 1.24 bits per heavy atom. The Morgan fingerprint density at radius 2 is 2.03 bits per heavy atom. The molecule has 4 rings (SSSR count). The predicted octanol–water partition coefficient (Wildman–Crippen LogP) is 4.60. The van der Waals surface area contributed by atoms with Gasteiger partial charge < -0.3 is 9.84 Å². The average Bonchev–Trinajstić information content (AvgIpc) is 3.41. The topological polar surface area (TPSA) is 71.3 Å². The molecule has 1 aliphatic heterocycles. The first-order valence-electron chi connectivity index (χ1n) is 10.1. The number of piperidine rings is 1. The van der Waals surface area contributed by atoms with Gasteiger partial charge in [-0.3, -0.25) is 9.69 Å². The van der Waals surface area contributed by atoms with Crippen molar-refractivity contribution >= 4 is 22.9 Å². The normalized spacial score (nSPS) is 15.5. The van der Waals surface area contributed by atoms with Gasteiger partial charge in [0.15, 0.2) is 0 Å². The fraction of sp³-hybridized carbons (Fsp3) is 0.409. The summed E-state index contributed by atoms with van der Waals surface area (Å²) in [4.78, 5) is 19.1. The van der Waals surface area contributed by atoms with Gasteiger partial charge in [-0.1, -0.05) is 24.2 Å². The number of hydrogen-bond acceptors (Lipinski definition) is 6. The highest BCUT2D eigenvalue weighted by atomic mass is 32.1. The van der Waals surface area contributed by atoms with Gasteiger partial charge in [0.1, 0.15) is 0 Å². The third-order valence-electron chi connectivity index (χ3n) is 5.33. The Hall–Kier alpha value is -2.51. The first-order chi connectivity index (χ1) is 14.2. The van der Waals surface area contributed by atoms with Gasteiger partial charge in [-0.2, -0.15) is 16.3 Å². The third kappa shape index (κ3) is 5.52. The number of nitrogens with zero attached hydrogens (tertiary/aromatic N) is 3. The lowest BCUT2D eigenvalue weighted by Crippen LogP contribution is -2.32. The number of hydrogen-bond donors (Lipinski definition) is 1. The fourth-order valence-corrected chi connectivity index (χ4v) is 4.12. The molecule has 1 aromatic carbocycles. The molecular formula is C22H26N4O2S. The Bertz CT molecular complexity index is 913. The van der Waals surface area contributed by atoms with Crippen LogP contribution in [-0.4, -0.2) is 34.0 Å². The molecule has 152 valence electrons. The molecule has 1 aliphatic rings. The first-order valence-corrected chi connectivity index (χ1v) is 11.1. The summed E-state index contributed by atoms with van der Waals surface area (Å²) in [6.07, 6.45) is 3.29. The van der Waals surface area contributed by atoms with Crippen molar-refractivity contribution in [3.05, 3.63) is 52.5 Å². The van der Waals surface area contributed by atoms with Gasteiger partial charge in [0.25, 0.3) is 0 Å². The largest absolute Gasteiger partial charge is 0.339 e. The van der Waals surface area contributed by atoms with Crippen LogP contribution < -0.4 is 5.32 Å². The van der Waals surface area contributed by atoms with Crippen LogP contribution in [0.15, 0.2) is 45.6 Å². The second kappa shape index (κ2) is 9.33. The van der Waals surface area contributed by atoms with Crippen LogP contribution >= 0.6 is 11.3 Å². The summed E-state index contributed by atoms with van der Waals surface area (Å²) < 4.78 is 5.24. The lowest BCUT2D eigenvalue weighted by atomic mass is 9.99. The Kier molecular flexibility index (Phi) is 6.36. The van der Waals surface area contributed by atoms with Crippen LogP contribution in [0.3, 0.4) is 0 Å². The molecular weight excluding hydrogens is 384 g/mol. The molecule has 3 heterocycles. The van der Waals surface area contributed by atoms with Gasteiger partial charge in [0.2, 0.25) is 17.6 Å². The smallest absolute Gasteiger partial charge is 0.227 e. The number of amides is 1. The SMILES string of the molecule is CC1CCN(Cc2ccc(NC(=O)CCc3nc(-c4ccsc4)no3)cc2)CC1. The standard InChI is InChI=1S/C22H26N4O2S/c1-16-8-11-26(12-9-16)14-17-2-4-19(5-3-17)23-20(27)6-7-21-24-22(25-28-21)18-10-13-29-15-18/h2-5,10,13,15-16H,6-9,11-12,14H2,1H3,(H,23,27). The van der Waals surface area contributed by atoms with Crippen LogP contribution in [0.2, 0.25) is 0 Å². The second-order valence-corrected chi connectivity index (χ2v) is 8.51. The van der Waals surface area contributed by atoms with Crippen molar-refractivity contribution in [2.24, 2.45) is 5.92 Å². The molecule has 0 unspecified atom stereocenters. The molecule has 1 saturated heterocycles. The zero-order valence-corrected chi connectivity index (χ0v) is 17.5. The average molecular weight is 411 g/mol. The lowest BCUT2D eigenvalue weighted by Gasteiger charge is -2.30. The number of nitrogens with one attached hydrogen (secondary N) is 1. The molecule has 29 heavy (non-hydrogen) atoms. The maximum atomic E-state index is 12.2. The third-order valence-corrected chi connectivity index (χ3v) is 6.02. The van der Waals surface area contributed by atoms with Crippen LogP contribution in [0.5, 0.6) is 0 Å². The van der Waals surface area contributed by atoms with Gasteiger partial charge in [0, 0.05) is 36.0 Å². The van der Waals surface area contributed by atoms with Crippen molar-refractivity contribution in [2.45, 2.75) is 39.2 Å². The van der Waals surface area contributed by atoms with E-state index in [0.29, 0.717) is 24.6 Å². The Morgan fingerprint density at radius 3 is 2.76 bits per heavy atom. The van der Waals surface area contributed by atoms with Gasteiger partial charge in [-0.15, -0.1) is 0 Å². The number of anilines is 1. The number of rotatable bonds is 7. The predicted molar refractivity (Wildman–Crippen MR) is 115 cm³/mol. The van der Waals surface area contributed by atoms with Crippen LogP contribution in [0.1, 0.15) is 37.6 Å². The van der Waals surface area contributed by atoms with Crippen LogP contribution in [-0.2, 0) is 17.8 Å². The van der Waals surface area contributed by atoms with Crippen LogP contribution in [0, 0.1) is 5.92 Å². The molecule has 0 spiro atoms. The Balaban J connectivity index is 1.23. The summed E-state index contributed by atoms with van der Waals surface area (Å²) >= 11 is 1.59. The number of thiophene rings is 1. The van der Waals surface area contributed by atoms with E-state index in [1.807, 2.05) is 29.0 Å². The molecule has 1 N–H and O–H groups in total. The van der Waals surface area contributed by atoms with E-state index in [-0.39, 0.29) is 5.91 Å². The molecule has 0 radical (unpaired) electrons. The monoisotopic (exact) mass is 410 g/mol. The number of carbonyl (C=O) groups excluding carboxylic acids is 1. The van der Waals surface area contributed by atoms with Crippen molar-refractivity contribution < 1.29 is 9.32 Å². The summed E-state index contributed by atoms with van der Waals surface area (Å²) in [6.45, 7) is 5.65. The van der Waals surface area contributed by atoms with Gasteiger partial charge in [0.05, 0.1) is 0 Å². The van der Waals surface area contributed by atoms with Crippen molar-refractivity contribution in [3.63, 3.8) is 0 Å². The van der Waals surface area contributed by atoms with E-state index in [1.165, 1.54) is 31.5 Å². The minimum absolute atomic E-state index is 0.0574. The minimum Gasteiger partial charge on any atom is -0.339 e. The van der Waals surface area contributed by atoms with E-state index < -0.39 is 0 Å². The maximum absolute atomic E-state index is 12.2. The molecule has 1 amide bonds.